The molecule has 7 nitrogen and oxygen atoms in total. The van der Waals surface area contributed by atoms with Crippen molar-refractivity contribution >= 4 is 18.0 Å². The molecule has 1 aromatic heterocycles. The summed E-state index contributed by atoms with van der Waals surface area (Å²) in [5.74, 6) is -0.860. The first-order chi connectivity index (χ1) is 16.7. The molecule has 0 aliphatic carbocycles. The number of aromatic hydroxyl groups is 1. The molecule has 0 saturated carbocycles. The molecule has 0 saturated heterocycles. The maximum Gasteiger partial charge on any atom is 0.410 e. The Balaban J connectivity index is 2.14. The number of unbranched alkanes of at least 4 members (excludes halogenated alkanes) is 1. The number of ketones is 1. The van der Waals surface area contributed by atoms with Gasteiger partial charge in [-0.05, 0) is 67.9 Å². The first kappa shape index (κ1) is 27.6. The summed E-state index contributed by atoms with van der Waals surface area (Å²) < 4.78 is 9.85. The van der Waals surface area contributed by atoms with Crippen molar-refractivity contribution in [1.82, 2.24) is 5.32 Å². The Morgan fingerprint density at radius 3 is 2.63 bits per heavy atom. The Kier molecular flexibility index (Phi) is 10.5. The summed E-state index contributed by atoms with van der Waals surface area (Å²) in [7, 11) is 1.28. The zero-order valence-corrected chi connectivity index (χ0v) is 21.1. The highest BCUT2D eigenvalue weighted by Gasteiger charge is 2.22. The van der Waals surface area contributed by atoms with Crippen molar-refractivity contribution in [3.8, 4) is 5.75 Å². The van der Waals surface area contributed by atoms with E-state index in [-0.39, 0.29) is 11.5 Å². The molecular formula is C28H35NO6. The highest BCUT2D eigenvalue weighted by atomic mass is 16.5. The number of Topliss-reactive ketones (excluding diaryl/α,β-unsaturated/α-hetero) is 1. The van der Waals surface area contributed by atoms with Gasteiger partial charge < -0.3 is 14.3 Å². The van der Waals surface area contributed by atoms with Gasteiger partial charge >= 0.3 is 11.7 Å². The van der Waals surface area contributed by atoms with Crippen molar-refractivity contribution in [1.29, 1.82) is 0 Å². The summed E-state index contributed by atoms with van der Waals surface area (Å²) in [5.41, 5.74) is 2.29. The predicted octanol–water partition coefficient (Wildman–Crippen LogP) is 6.04. The summed E-state index contributed by atoms with van der Waals surface area (Å²) in [5, 5.41) is 12.9. The predicted molar refractivity (Wildman–Crippen MR) is 137 cm³/mol. The molecule has 1 unspecified atom stereocenters. The second-order valence-corrected chi connectivity index (χ2v) is 8.66. The summed E-state index contributed by atoms with van der Waals surface area (Å²) in [6.45, 7) is 7.61. The number of alkyl carbamates (subject to hydrolysis) is 1. The standard InChI is InChI=1S/C28H35NO6/c1-6-7-11-21-12-13-22(19(3)15-21)16-20(4)26(31)25-23(30)17-24(35-27(25)32)18(2)10-8-9-14-29-28(33)34-5/h9,12-18,30H,6-8,10-11H2,1-5H3,(H,29,33)/b14-9+,20-16?. The number of carbonyl (C=O) groups is 2. The van der Waals surface area contributed by atoms with Crippen molar-refractivity contribution in [2.75, 3.05) is 7.11 Å². The van der Waals surface area contributed by atoms with Gasteiger partial charge in [-0.2, -0.15) is 0 Å². The van der Waals surface area contributed by atoms with E-state index in [0.29, 0.717) is 24.2 Å². The van der Waals surface area contributed by atoms with Gasteiger partial charge in [-0.15, -0.1) is 0 Å². The molecule has 0 spiro atoms. The molecule has 1 heterocycles. The fourth-order valence-electron chi connectivity index (χ4n) is 3.64. The van der Waals surface area contributed by atoms with Crippen LogP contribution in [0.3, 0.4) is 0 Å². The summed E-state index contributed by atoms with van der Waals surface area (Å²) in [6.07, 6.45) is 8.84. The van der Waals surface area contributed by atoms with Crippen LogP contribution in [-0.4, -0.2) is 24.1 Å². The Morgan fingerprint density at radius 1 is 1.26 bits per heavy atom. The number of amides is 1. The molecule has 0 radical (unpaired) electrons. The Labute approximate surface area is 206 Å². The molecule has 2 aromatic rings. The van der Waals surface area contributed by atoms with E-state index in [1.165, 1.54) is 24.9 Å². The van der Waals surface area contributed by atoms with Crippen LogP contribution < -0.4 is 10.9 Å². The van der Waals surface area contributed by atoms with Crippen LogP contribution in [0.5, 0.6) is 5.75 Å². The van der Waals surface area contributed by atoms with Crippen molar-refractivity contribution in [2.24, 2.45) is 0 Å². The lowest BCUT2D eigenvalue weighted by Gasteiger charge is -2.11. The van der Waals surface area contributed by atoms with Crippen LogP contribution >= 0.6 is 0 Å². The van der Waals surface area contributed by atoms with Gasteiger partial charge in [-0.1, -0.05) is 44.5 Å². The Morgan fingerprint density at radius 2 is 2.00 bits per heavy atom. The minimum absolute atomic E-state index is 0.189. The molecule has 1 aromatic carbocycles. The Hall–Kier alpha value is -3.61. The lowest BCUT2D eigenvalue weighted by molar-refractivity contribution is 0.102. The van der Waals surface area contributed by atoms with Crippen LogP contribution in [0.15, 0.2) is 51.3 Å². The Bertz CT molecular complexity index is 1160. The van der Waals surface area contributed by atoms with E-state index < -0.39 is 23.3 Å². The smallest absolute Gasteiger partial charge is 0.410 e. The summed E-state index contributed by atoms with van der Waals surface area (Å²) >= 11 is 0. The molecule has 35 heavy (non-hydrogen) atoms. The molecule has 1 atom stereocenters. The molecule has 0 aliphatic heterocycles. The molecule has 2 N–H and O–H groups in total. The topological polar surface area (TPSA) is 106 Å². The number of carbonyl (C=O) groups excluding carboxylic acids is 2. The summed E-state index contributed by atoms with van der Waals surface area (Å²) in [6, 6.07) is 7.47. The van der Waals surface area contributed by atoms with Crippen molar-refractivity contribution in [3.63, 3.8) is 0 Å². The van der Waals surface area contributed by atoms with E-state index >= 15 is 0 Å². The average molecular weight is 482 g/mol. The van der Waals surface area contributed by atoms with Gasteiger partial charge in [-0.25, -0.2) is 9.59 Å². The van der Waals surface area contributed by atoms with Crippen LogP contribution in [0.4, 0.5) is 4.79 Å². The van der Waals surface area contributed by atoms with Gasteiger partial charge in [0.2, 0.25) is 0 Å². The van der Waals surface area contributed by atoms with Crippen LogP contribution in [-0.2, 0) is 11.2 Å². The van der Waals surface area contributed by atoms with Gasteiger partial charge in [0.15, 0.2) is 5.78 Å². The molecule has 0 bridgehead atoms. The number of nitrogens with one attached hydrogen (secondary N) is 1. The minimum Gasteiger partial charge on any atom is -0.507 e. The number of hydrogen-bond donors (Lipinski definition) is 2. The van der Waals surface area contributed by atoms with Gasteiger partial charge in [0, 0.05) is 18.2 Å². The summed E-state index contributed by atoms with van der Waals surface area (Å²) in [4.78, 5) is 36.6. The van der Waals surface area contributed by atoms with E-state index in [0.717, 1.165) is 30.4 Å². The number of aryl methyl sites for hydroxylation is 2. The third-order valence-electron chi connectivity index (χ3n) is 5.82. The number of methoxy groups -OCH3 is 1. The fraction of sp³-hybridized carbons (Fsp3) is 0.393. The van der Waals surface area contributed by atoms with E-state index in [1.807, 2.05) is 19.9 Å². The highest BCUT2D eigenvalue weighted by Crippen LogP contribution is 2.26. The van der Waals surface area contributed by atoms with Gasteiger partial charge in [0.25, 0.3) is 0 Å². The minimum atomic E-state index is -0.862. The van der Waals surface area contributed by atoms with Crippen LogP contribution in [0, 0.1) is 6.92 Å². The van der Waals surface area contributed by atoms with Crippen LogP contribution in [0.1, 0.15) is 85.2 Å². The second-order valence-electron chi connectivity index (χ2n) is 8.66. The number of hydrogen-bond acceptors (Lipinski definition) is 6. The molecule has 7 heteroatoms. The number of benzene rings is 1. The number of allylic oxidation sites excluding steroid dienone is 2. The molecule has 188 valence electrons. The number of ether oxygens (including phenoxy) is 1. The lowest BCUT2D eigenvalue weighted by Crippen LogP contribution is -2.17. The SMILES string of the molecule is CCCCc1ccc(C=C(C)C(=O)c2c(O)cc(C(C)CC/C=C/NC(=O)OC)oc2=O)c(C)c1. The maximum atomic E-state index is 13.0. The normalized spacial score (nSPS) is 12.5. The molecule has 1 amide bonds. The fourth-order valence-corrected chi connectivity index (χ4v) is 3.64. The van der Waals surface area contributed by atoms with Gasteiger partial charge in [0.05, 0.1) is 7.11 Å². The van der Waals surface area contributed by atoms with E-state index in [4.69, 9.17) is 4.42 Å². The third kappa shape index (κ3) is 7.98. The largest absolute Gasteiger partial charge is 0.507 e. The third-order valence-corrected chi connectivity index (χ3v) is 5.82. The molecule has 2 rings (SSSR count). The second kappa shape index (κ2) is 13.3. The van der Waals surface area contributed by atoms with Crippen molar-refractivity contribution < 1.29 is 23.8 Å². The molecule has 0 aliphatic rings. The first-order valence-electron chi connectivity index (χ1n) is 11.9. The van der Waals surface area contributed by atoms with Crippen molar-refractivity contribution in [3.05, 3.63) is 80.5 Å². The first-order valence-corrected chi connectivity index (χ1v) is 11.9. The quantitative estimate of drug-likeness (QED) is 0.300. The van der Waals surface area contributed by atoms with Gasteiger partial charge in [-0.3, -0.25) is 10.1 Å². The van der Waals surface area contributed by atoms with Crippen LogP contribution in [0.2, 0.25) is 0 Å². The van der Waals surface area contributed by atoms with E-state index in [1.54, 1.807) is 19.1 Å². The zero-order valence-electron chi connectivity index (χ0n) is 21.1. The monoisotopic (exact) mass is 481 g/mol. The van der Waals surface area contributed by atoms with Crippen LogP contribution in [0.25, 0.3) is 6.08 Å². The van der Waals surface area contributed by atoms with E-state index in [2.05, 4.69) is 29.1 Å². The molecular weight excluding hydrogens is 446 g/mol. The van der Waals surface area contributed by atoms with Crippen molar-refractivity contribution in [2.45, 2.75) is 65.7 Å². The average Bonchev–Trinajstić information content (AvgIpc) is 2.82. The zero-order chi connectivity index (χ0) is 26.0. The molecule has 0 fully saturated rings. The van der Waals surface area contributed by atoms with E-state index in [9.17, 15) is 19.5 Å². The highest BCUT2D eigenvalue weighted by molar-refractivity contribution is 6.12. The number of rotatable bonds is 11. The van der Waals surface area contributed by atoms with Gasteiger partial charge in [0.1, 0.15) is 17.1 Å². The lowest BCUT2D eigenvalue weighted by atomic mass is 9.97. The maximum absolute atomic E-state index is 13.0.